The largest absolute Gasteiger partial charge is 0.370 e. The molecule has 0 unspecified atom stereocenters. The fourth-order valence-electron chi connectivity index (χ4n) is 3.18. The number of carbonyl (C=O) groups excluding carboxylic acids is 1. The van der Waals surface area contributed by atoms with Crippen LogP contribution in [0.15, 0.2) is 18.2 Å². The highest BCUT2D eigenvalue weighted by atomic mass is 35.5. The molecule has 0 atom stereocenters. The van der Waals surface area contributed by atoms with Crippen molar-refractivity contribution in [1.29, 1.82) is 0 Å². The molecule has 2 fully saturated rings. The van der Waals surface area contributed by atoms with Crippen LogP contribution in [0.1, 0.15) is 23.2 Å². The number of nitrogens with zero attached hydrogens (tertiary/aromatic N) is 3. The van der Waals surface area contributed by atoms with Crippen LogP contribution in [0.3, 0.4) is 0 Å². The zero-order valence-corrected chi connectivity index (χ0v) is 14.9. The third kappa shape index (κ3) is 3.66. The minimum atomic E-state index is -3.69. The van der Waals surface area contributed by atoms with Gasteiger partial charge in [-0.3, -0.25) is 4.79 Å². The van der Waals surface area contributed by atoms with Crippen molar-refractivity contribution in [3.05, 3.63) is 28.8 Å². The Hall–Kier alpha value is -1.35. The zero-order valence-electron chi connectivity index (χ0n) is 13.3. The predicted molar refractivity (Wildman–Crippen MR) is 93.5 cm³/mol. The van der Waals surface area contributed by atoms with Gasteiger partial charge in [-0.25, -0.2) is 5.14 Å². The summed E-state index contributed by atoms with van der Waals surface area (Å²) in [6.45, 7) is 3.04. The second-order valence-electron chi connectivity index (χ2n) is 6.10. The van der Waals surface area contributed by atoms with Crippen molar-refractivity contribution in [2.75, 3.05) is 44.2 Å². The van der Waals surface area contributed by atoms with Crippen molar-refractivity contribution in [3.8, 4) is 0 Å². The highest BCUT2D eigenvalue weighted by molar-refractivity contribution is 7.86. The number of anilines is 1. The number of carbonyl (C=O) groups is 1. The van der Waals surface area contributed by atoms with E-state index < -0.39 is 10.2 Å². The zero-order chi connectivity index (χ0) is 17.3. The maximum atomic E-state index is 12.6. The molecule has 0 spiro atoms. The van der Waals surface area contributed by atoms with E-state index in [1.807, 2.05) is 6.07 Å². The molecule has 3 rings (SSSR count). The van der Waals surface area contributed by atoms with E-state index in [-0.39, 0.29) is 19.0 Å². The number of nitrogens with two attached hydrogens (primary N) is 1. The summed E-state index contributed by atoms with van der Waals surface area (Å²) in [5.41, 5.74) is 1.48. The van der Waals surface area contributed by atoms with E-state index in [4.69, 9.17) is 16.7 Å². The number of rotatable bonds is 3. The van der Waals surface area contributed by atoms with Crippen molar-refractivity contribution in [2.24, 2.45) is 5.14 Å². The Labute approximate surface area is 147 Å². The molecule has 0 aromatic heterocycles. The molecule has 1 aromatic rings. The molecule has 0 saturated carbocycles. The van der Waals surface area contributed by atoms with Crippen molar-refractivity contribution < 1.29 is 13.2 Å². The monoisotopic (exact) mass is 372 g/mol. The van der Waals surface area contributed by atoms with E-state index in [0.717, 1.165) is 31.6 Å². The molecule has 7 nitrogen and oxygen atoms in total. The van der Waals surface area contributed by atoms with Crippen LogP contribution in [-0.4, -0.2) is 62.8 Å². The van der Waals surface area contributed by atoms with Gasteiger partial charge in [-0.1, -0.05) is 11.6 Å². The molecule has 0 radical (unpaired) electrons. The van der Waals surface area contributed by atoms with Gasteiger partial charge in [0.1, 0.15) is 0 Å². The summed E-state index contributed by atoms with van der Waals surface area (Å²) in [6.07, 6.45) is 2.32. The standard InChI is InChI=1S/C15H21ClN4O3S/c16-13-11-12(3-4-14(13)18-5-1-2-6-18)15(21)19-7-9-20(10-8-19)24(17,22)23/h3-4,11H,1-2,5-10H2,(H2,17,22,23). The van der Waals surface area contributed by atoms with Crippen LogP contribution in [0.5, 0.6) is 0 Å². The van der Waals surface area contributed by atoms with Crippen molar-refractivity contribution in [3.63, 3.8) is 0 Å². The average molecular weight is 373 g/mol. The summed E-state index contributed by atoms with van der Waals surface area (Å²) in [5, 5.41) is 5.69. The predicted octanol–water partition coefficient (Wildman–Crippen LogP) is 0.902. The Morgan fingerprint density at radius 1 is 1.04 bits per heavy atom. The molecule has 2 aliphatic rings. The van der Waals surface area contributed by atoms with Gasteiger partial charge < -0.3 is 9.80 Å². The normalized spacial score (nSPS) is 19.8. The van der Waals surface area contributed by atoms with Crippen LogP contribution in [0.2, 0.25) is 5.02 Å². The highest BCUT2D eigenvalue weighted by Gasteiger charge is 2.27. The molecule has 2 N–H and O–H groups in total. The number of amides is 1. The van der Waals surface area contributed by atoms with Gasteiger partial charge in [-0.05, 0) is 31.0 Å². The molecule has 132 valence electrons. The van der Waals surface area contributed by atoms with Gasteiger partial charge in [-0.2, -0.15) is 12.7 Å². The summed E-state index contributed by atoms with van der Waals surface area (Å²) in [4.78, 5) is 16.4. The van der Waals surface area contributed by atoms with Gasteiger partial charge in [0.25, 0.3) is 16.1 Å². The lowest BCUT2D eigenvalue weighted by Gasteiger charge is -2.33. The second kappa shape index (κ2) is 6.87. The van der Waals surface area contributed by atoms with Crippen LogP contribution < -0.4 is 10.0 Å². The van der Waals surface area contributed by atoms with Crippen LogP contribution in [0.25, 0.3) is 0 Å². The summed E-state index contributed by atoms with van der Waals surface area (Å²) in [6, 6.07) is 5.37. The van der Waals surface area contributed by atoms with Crippen molar-refractivity contribution in [2.45, 2.75) is 12.8 Å². The molecule has 9 heteroatoms. The lowest BCUT2D eigenvalue weighted by Crippen LogP contribution is -2.52. The smallest absolute Gasteiger partial charge is 0.277 e. The first kappa shape index (κ1) is 17.5. The SMILES string of the molecule is NS(=O)(=O)N1CCN(C(=O)c2ccc(N3CCCC3)c(Cl)c2)CC1. The van der Waals surface area contributed by atoms with E-state index in [0.29, 0.717) is 23.7 Å². The van der Waals surface area contributed by atoms with E-state index in [9.17, 15) is 13.2 Å². The third-order valence-electron chi connectivity index (χ3n) is 4.53. The van der Waals surface area contributed by atoms with Gasteiger partial charge in [0.2, 0.25) is 0 Å². The van der Waals surface area contributed by atoms with Gasteiger partial charge in [0.15, 0.2) is 0 Å². The van der Waals surface area contributed by atoms with Gasteiger partial charge in [-0.15, -0.1) is 0 Å². The number of hydrogen-bond acceptors (Lipinski definition) is 4. The quantitative estimate of drug-likeness (QED) is 0.854. The minimum Gasteiger partial charge on any atom is -0.370 e. The van der Waals surface area contributed by atoms with Crippen LogP contribution >= 0.6 is 11.6 Å². The molecule has 2 aliphatic heterocycles. The summed E-state index contributed by atoms with van der Waals surface area (Å²) >= 11 is 6.36. The van der Waals surface area contributed by atoms with Crippen molar-refractivity contribution in [1.82, 2.24) is 9.21 Å². The Morgan fingerprint density at radius 2 is 1.67 bits per heavy atom. The highest BCUT2D eigenvalue weighted by Crippen LogP contribution is 2.30. The summed E-state index contributed by atoms with van der Waals surface area (Å²) < 4.78 is 23.8. The first-order valence-corrected chi connectivity index (χ1v) is 9.86. The van der Waals surface area contributed by atoms with E-state index in [2.05, 4.69) is 4.90 Å². The third-order valence-corrected chi connectivity index (χ3v) is 5.91. The number of piperazine rings is 1. The number of halogens is 1. The molecule has 24 heavy (non-hydrogen) atoms. The molecule has 1 aromatic carbocycles. The van der Waals surface area contributed by atoms with Crippen LogP contribution in [0, 0.1) is 0 Å². The Balaban J connectivity index is 1.68. The summed E-state index contributed by atoms with van der Waals surface area (Å²) in [7, 11) is -3.69. The Kier molecular flexibility index (Phi) is 5.00. The van der Waals surface area contributed by atoms with E-state index in [1.165, 1.54) is 4.31 Å². The van der Waals surface area contributed by atoms with E-state index >= 15 is 0 Å². The fourth-order valence-corrected chi connectivity index (χ4v) is 4.15. The number of hydrogen-bond donors (Lipinski definition) is 1. The lowest BCUT2D eigenvalue weighted by atomic mass is 10.1. The molecule has 2 saturated heterocycles. The van der Waals surface area contributed by atoms with Gasteiger partial charge in [0.05, 0.1) is 10.7 Å². The Morgan fingerprint density at radius 3 is 2.21 bits per heavy atom. The Bertz CT molecular complexity index is 726. The van der Waals surface area contributed by atoms with Crippen molar-refractivity contribution >= 4 is 33.4 Å². The first-order valence-electron chi connectivity index (χ1n) is 7.98. The molecular formula is C15H21ClN4O3S. The molecule has 2 heterocycles. The first-order chi connectivity index (χ1) is 11.4. The van der Waals surface area contributed by atoms with E-state index in [1.54, 1.807) is 17.0 Å². The summed E-state index contributed by atoms with van der Waals surface area (Å²) in [5.74, 6) is -0.140. The molecule has 0 aliphatic carbocycles. The average Bonchev–Trinajstić information content (AvgIpc) is 3.07. The second-order valence-corrected chi connectivity index (χ2v) is 8.05. The lowest BCUT2D eigenvalue weighted by molar-refractivity contribution is 0.0698. The number of benzene rings is 1. The molecule has 1 amide bonds. The maximum absolute atomic E-state index is 12.6. The van der Waals surface area contributed by atoms with Crippen LogP contribution in [0.4, 0.5) is 5.69 Å². The fraction of sp³-hybridized carbons (Fsp3) is 0.533. The topological polar surface area (TPSA) is 87.0 Å². The molecule has 0 bridgehead atoms. The minimum absolute atomic E-state index is 0.140. The van der Waals surface area contributed by atoms with Gasteiger partial charge in [0, 0.05) is 44.8 Å². The molecular weight excluding hydrogens is 352 g/mol. The van der Waals surface area contributed by atoms with Gasteiger partial charge >= 0.3 is 0 Å². The maximum Gasteiger partial charge on any atom is 0.277 e. The van der Waals surface area contributed by atoms with Crippen LogP contribution in [-0.2, 0) is 10.2 Å².